The van der Waals surface area contributed by atoms with Crippen LogP contribution in [0.3, 0.4) is 0 Å². The van der Waals surface area contributed by atoms with Crippen LogP contribution in [0.4, 0.5) is 0 Å². The van der Waals surface area contributed by atoms with Crippen molar-refractivity contribution in [2.24, 2.45) is 17.6 Å². The van der Waals surface area contributed by atoms with Gasteiger partial charge in [0.2, 0.25) is 5.91 Å². The van der Waals surface area contributed by atoms with Crippen LogP contribution >= 0.6 is 0 Å². The molecular formula is C16H26N2O2. The Hall–Kier alpha value is -1.55. The fourth-order valence-electron chi connectivity index (χ4n) is 1.78. The molecule has 20 heavy (non-hydrogen) atoms. The molecule has 1 aromatic carbocycles. The van der Waals surface area contributed by atoms with Crippen molar-refractivity contribution in [2.75, 3.05) is 13.2 Å². The van der Waals surface area contributed by atoms with E-state index < -0.39 is 0 Å². The van der Waals surface area contributed by atoms with Crippen molar-refractivity contribution < 1.29 is 9.53 Å². The summed E-state index contributed by atoms with van der Waals surface area (Å²) in [5.41, 5.74) is 7.55. The van der Waals surface area contributed by atoms with Gasteiger partial charge in [-0.3, -0.25) is 4.79 Å². The summed E-state index contributed by atoms with van der Waals surface area (Å²) in [4.78, 5) is 11.0. The van der Waals surface area contributed by atoms with Gasteiger partial charge in [-0.1, -0.05) is 38.5 Å². The Morgan fingerprint density at radius 2 is 2.05 bits per heavy atom. The molecule has 3 N–H and O–H groups in total. The van der Waals surface area contributed by atoms with Crippen LogP contribution in [0.2, 0.25) is 0 Å². The van der Waals surface area contributed by atoms with Gasteiger partial charge in [-0.15, -0.1) is 0 Å². The van der Waals surface area contributed by atoms with Gasteiger partial charge in [0.1, 0.15) is 5.75 Å². The second-order valence-electron chi connectivity index (χ2n) is 5.75. The number of nitrogens with two attached hydrogens (primary N) is 1. The Morgan fingerprint density at radius 3 is 2.65 bits per heavy atom. The molecule has 1 amide bonds. The van der Waals surface area contributed by atoms with Gasteiger partial charge in [0.15, 0.2) is 0 Å². The van der Waals surface area contributed by atoms with Gasteiger partial charge in [0.25, 0.3) is 0 Å². The summed E-state index contributed by atoms with van der Waals surface area (Å²) in [6.45, 7) is 10.2. The summed E-state index contributed by atoms with van der Waals surface area (Å²) in [6, 6.07) is 6.07. The number of aryl methyl sites for hydroxylation is 1. The summed E-state index contributed by atoms with van der Waals surface area (Å²) in [6.07, 6.45) is 0. The van der Waals surface area contributed by atoms with E-state index in [0.717, 1.165) is 24.4 Å². The third-order valence-corrected chi connectivity index (χ3v) is 3.06. The topological polar surface area (TPSA) is 64.3 Å². The lowest BCUT2D eigenvalue weighted by Crippen LogP contribution is -2.26. The molecule has 0 saturated carbocycles. The second kappa shape index (κ2) is 7.90. The smallest absolute Gasteiger partial charge is 0.223 e. The predicted molar refractivity (Wildman–Crippen MR) is 81.6 cm³/mol. The number of hydrogen-bond acceptors (Lipinski definition) is 3. The largest absolute Gasteiger partial charge is 0.492 e. The van der Waals surface area contributed by atoms with Gasteiger partial charge in [-0.05, 0) is 25.5 Å². The molecule has 1 aromatic rings. The number of ether oxygens (including phenoxy) is 1. The van der Waals surface area contributed by atoms with E-state index in [0.29, 0.717) is 12.5 Å². The van der Waals surface area contributed by atoms with E-state index in [1.807, 2.05) is 12.1 Å². The minimum Gasteiger partial charge on any atom is -0.492 e. The predicted octanol–water partition coefficient (Wildman–Crippen LogP) is 2.24. The number of rotatable bonds is 8. The lowest BCUT2D eigenvalue weighted by molar-refractivity contribution is -0.122. The fourth-order valence-corrected chi connectivity index (χ4v) is 1.78. The Labute approximate surface area is 121 Å². The van der Waals surface area contributed by atoms with E-state index in [-0.39, 0.29) is 11.8 Å². The molecular weight excluding hydrogens is 252 g/mol. The number of nitrogens with one attached hydrogen (secondary N) is 1. The first-order chi connectivity index (χ1) is 9.40. The molecule has 0 spiro atoms. The molecule has 1 atom stereocenters. The number of amides is 1. The monoisotopic (exact) mass is 278 g/mol. The van der Waals surface area contributed by atoms with E-state index >= 15 is 0 Å². The molecule has 4 heteroatoms. The number of benzene rings is 1. The highest BCUT2D eigenvalue weighted by molar-refractivity contribution is 5.76. The van der Waals surface area contributed by atoms with Crippen LogP contribution in [-0.2, 0) is 11.3 Å². The molecule has 0 aromatic heterocycles. The summed E-state index contributed by atoms with van der Waals surface area (Å²) in [5.74, 6) is 0.809. The molecule has 0 aliphatic heterocycles. The first-order valence-corrected chi connectivity index (χ1v) is 7.12. The lowest BCUT2D eigenvalue weighted by Gasteiger charge is -2.15. The lowest BCUT2D eigenvalue weighted by atomic mass is 10.1. The van der Waals surface area contributed by atoms with Gasteiger partial charge >= 0.3 is 0 Å². The van der Waals surface area contributed by atoms with Crippen molar-refractivity contribution in [3.05, 3.63) is 29.3 Å². The minimum atomic E-state index is -0.336. The molecule has 1 unspecified atom stereocenters. The standard InChI is InChI=1S/C16H26N2O2/c1-11(2)8-18-9-14-7-12(3)5-6-15(14)20-10-13(4)16(17)19/h5-7,11,13,18H,8-10H2,1-4H3,(H2,17,19). The van der Waals surface area contributed by atoms with Crippen LogP contribution in [-0.4, -0.2) is 19.1 Å². The first-order valence-electron chi connectivity index (χ1n) is 7.12. The molecule has 0 fully saturated rings. The molecule has 1 rings (SSSR count). The van der Waals surface area contributed by atoms with Gasteiger partial charge in [0.05, 0.1) is 12.5 Å². The summed E-state index contributed by atoms with van der Waals surface area (Å²) in [7, 11) is 0. The summed E-state index contributed by atoms with van der Waals surface area (Å²) < 4.78 is 5.73. The number of carbonyl (C=O) groups is 1. The molecule has 0 bridgehead atoms. The maximum absolute atomic E-state index is 11.0. The molecule has 0 heterocycles. The van der Waals surface area contributed by atoms with E-state index in [9.17, 15) is 4.79 Å². The zero-order valence-electron chi connectivity index (χ0n) is 12.9. The Kier molecular flexibility index (Phi) is 6.52. The van der Waals surface area contributed by atoms with Crippen LogP contribution in [0, 0.1) is 18.8 Å². The van der Waals surface area contributed by atoms with Gasteiger partial charge < -0.3 is 15.8 Å². The van der Waals surface area contributed by atoms with Crippen molar-refractivity contribution in [2.45, 2.75) is 34.2 Å². The van der Waals surface area contributed by atoms with Crippen LogP contribution in [0.25, 0.3) is 0 Å². The maximum atomic E-state index is 11.0. The molecule has 4 nitrogen and oxygen atoms in total. The van der Waals surface area contributed by atoms with Crippen LogP contribution in [0.15, 0.2) is 18.2 Å². The molecule has 112 valence electrons. The van der Waals surface area contributed by atoms with Crippen molar-refractivity contribution in [1.82, 2.24) is 5.32 Å². The summed E-state index contributed by atoms with van der Waals surface area (Å²) >= 11 is 0. The van der Waals surface area contributed by atoms with Gasteiger partial charge in [0, 0.05) is 12.1 Å². The van der Waals surface area contributed by atoms with E-state index in [1.165, 1.54) is 5.56 Å². The molecule has 0 aliphatic rings. The van der Waals surface area contributed by atoms with Gasteiger partial charge in [-0.2, -0.15) is 0 Å². The average Bonchev–Trinajstić information content (AvgIpc) is 2.36. The zero-order chi connectivity index (χ0) is 15.1. The Bertz CT molecular complexity index is 444. The fraction of sp³-hybridized carbons (Fsp3) is 0.562. The summed E-state index contributed by atoms with van der Waals surface area (Å²) in [5, 5.41) is 3.41. The molecule has 0 saturated heterocycles. The first kappa shape index (κ1) is 16.5. The maximum Gasteiger partial charge on any atom is 0.223 e. The Balaban J connectivity index is 2.66. The highest BCUT2D eigenvalue weighted by atomic mass is 16.5. The van der Waals surface area contributed by atoms with Gasteiger partial charge in [-0.25, -0.2) is 0 Å². The molecule has 0 radical (unpaired) electrons. The zero-order valence-corrected chi connectivity index (χ0v) is 12.9. The van der Waals surface area contributed by atoms with Crippen LogP contribution in [0.5, 0.6) is 5.75 Å². The van der Waals surface area contributed by atoms with E-state index in [2.05, 4.69) is 32.2 Å². The number of hydrogen-bond donors (Lipinski definition) is 2. The number of carbonyl (C=O) groups excluding carboxylic acids is 1. The van der Waals surface area contributed by atoms with E-state index in [1.54, 1.807) is 6.92 Å². The Morgan fingerprint density at radius 1 is 1.35 bits per heavy atom. The second-order valence-corrected chi connectivity index (χ2v) is 5.75. The highest BCUT2D eigenvalue weighted by Gasteiger charge is 2.11. The van der Waals surface area contributed by atoms with Crippen molar-refractivity contribution in [3.8, 4) is 5.75 Å². The van der Waals surface area contributed by atoms with Crippen molar-refractivity contribution in [3.63, 3.8) is 0 Å². The minimum absolute atomic E-state index is 0.284. The SMILES string of the molecule is Cc1ccc(OCC(C)C(N)=O)c(CNCC(C)C)c1. The number of primary amides is 1. The highest BCUT2D eigenvalue weighted by Crippen LogP contribution is 2.20. The quantitative estimate of drug-likeness (QED) is 0.766. The van der Waals surface area contributed by atoms with Crippen LogP contribution < -0.4 is 15.8 Å². The van der Waals surface area contributed by atoms with E-state index in [4.69, 9.17) is 10.5 Å². The molecule has 0 aliphatic carbocycles. The third kappa shape index (κ3) is 5.61. The average molecular weight is 278 g/mol. The van der Waals surface area contributed by atoms with Crippen molar-refractivity contribution in [1.29, 1.82) is 0 Å². The normalized spacial score (nSPS) is 12.4. The third-order valence-electron chi connectivity index (χ3n) is 3.06. The van der Waals surface area contributed by atoms with Crippen LogP contribution in [0.1, 0.15) is 31.9 Å². The van der Waals surface area contributed by atoms with Crippen molar-refractivity contribution >= 4 is 5.91 Å².